The van der Waals surface area contributed by atoms with Gasteiger partial charge in [-0.1, -0.05) is 18.2 Å². The Balaban J connectivity index is 1.15. The summed E-state index contributed by atoms with van der Waals surface area (Å²) in [7, 11) is 3.63. The number of piperazine rings is 1. The van der Waals surface area contributed by atoms with Crippen LogP contribution in [0.3, 0.4) is 0 Å². The second kappa shape index (κ2) is 15.1. The monoisotopic (exact) mass is 662 g/mol. The number of nitrogens with zero attached hydrogens (tertiary/aromatic N) is 4. The van der Waals surface area contributed by atoms with E-state index in [-0.39, 0.29) is 37.6 Å². The van der Waals surface area contributed by atoms with Crippen molar-refractivity contribution < 1.29 is 32.6 Å². The van der Waals surface area contributed by atoms with Crippen LogP contribution in [-0.2, 0) is 20.6 Å². The number of halogens is 2. The summed E-state index contributed by atoms with van der Waals surface area (Å²) in [6, 6.07) is 16.3. The molecule has 2 saturated heterocycles. The molecule has 2 unspecified atom stereocenters. The molecule has 254 valence electrons. The summed E-state index contributed by atoms with van der Waals surface area (Å²) in [4.78, 5) is 30.9. The Labute approximate surface area is 277 Å². The molecule has 2 aliphatic heterocycles. The van der Waals surface area contributed by atoms with Crippen LogP contribution in [0.4, 0.5) is 29.9 Å². The topological polar surface area (TPSA) is 110 Å². The van der Waals surface area contributed by atoms with Gasteiger partial charge in [0.05, 0.1) is 18.2 Å². The average molecular weight is 663 g/mol. The maximum atomic E-state index is 13.8. The lowest BCUT2D eigenvalue weighted by Crippen LogP contribution is -2.44. The zero-order chi connectivity index (χ0) is 33.6. The minimum Gasteiger partial charge on any atom is -0.445 e. The Morgan fingerprint density at radius 1 is 0.958 bits per heavy atom. The van der Waals surface area contributed by atoms with Crippen molar-refractivity contribution >= 4 is 34.5 Å². The molecular weight excluding hydrogens is 622 g/mol. The van der Waals surface area contributed by atoms with Gasteiger partial charge in [-0.3, -0.25) is 5.32 Å². The molecule has 6 rings (SSSR count). The molecule has 0 saturated carbocycles. The summed E-state index contributed by atoms with van der Waals surface area (Å²) in [6.07, 6.45) is 0.550. The first kappa shape index (κ1) is 33.3. The zero-order valence-corrected chi connectivity index (χ0v) is 27.1. The van der Waals surface area contributed by atoms with Crippen molar-refractivity contribution in [2.24, 2.45) is 0 Å². The number of likely N-dealkylation sites (N-methyl/N-ethyl adjacent to an activating group) is 1. The number of aromatic nitrogens is 2. The Morgan fingerprint density at radius 2 is 1.71 bits per heavy atom. The molecule has 4 aromatic rings. The van der Waals surface area contributed by atoms with E-state index in [1.54, 1.807) is 18.2 Å². The molecule has 2 fully saturated rings. The van der Waals surface area contributed by atoms with Gasteiger partial charge < -0.3 is 29.3 Å². The van der Waals surface area contributed by atoms with Crippen LogP contribution in [0.15, 0.2) is 60.7 Å². The number of hydrogen-bond acceptors (Lipinski definition) is 8. The average Bonchev–Trinajstić information content (AvgIpc) is 3.42. The number of methoxy groups -OCH3 is 1. The fourth-order valence-electron chi connectivity index (χ4n) is 6.18. The van der Waals surface area contributed by atoms with E-state index >= 15 is 0 Å². The van der Waals surface area contributed by atoms with Gasteiger partial charge in [0.15, 0.2) is 5.82 Å². The largest absolute Gasteiger partial charge is 0.445 e. The van der Waals surface area contributed by atoms with Crippen molar-refractivity contribution in [3.05, 3.63) is 89.0 Å². The van der Waals surface area contributed by atoms with Crippen LogP contribution < -0.4 is 15.5 Å². The van der Waals surface area contributed by atoms with Crippen LogP contribution in [0.1, 0.15) is 35.6 Å². The molecule has 3 aromatic carbocycles. The molecule has 1 aromatic heterocycles. The highest BCUT2D eigenvalue weighted by molar-refractivity contribution is 6.02. The van der Waals surface area contributed by atoms with Gasteiger partial charge in [0.2, 0.25) is 0 Å². The Bertz CT molecular complexity index is 1720. The van der Waals surface area contributed by atoms with Gasteiger partial charge >= 0.3 is 12.1 Å². The highest BCUT2D eigenvalue weighted by Crippen LogP contribution is 2.31. The molecule has 2 amide bonds. The lowest BCUT2D eigenvalue weighted by Gasteiger charge is -2.34. The summed E-state index contributed by atoms with van der Waals surface area (Å²) < 4.78 is 45.1. The predicted molar refractivity (Wildman–Crippen MR) is 178 cm³/mol. The fourth-order valence-corrected chi connectivity index (χ4v) is 6.18. The van der Waals surface area contributed by atoms with Crippen molar-refractivity contribution in [3.8, 4) is 0 Å². The molecule has 3 heterocycles. The minimum absolute atomic E-state index is 0.0205. The summed E-state index contributed by atoms with van der Waals surface area (Å²) in [5, 5.41) is 10.7. The normalized spacial score (nSPS) is 18.5. The first-order valence-electron chi connectivity index (χ1n) is 16.1. The molecule has 0 aliphatic carbocycles. The van der Waals surface area contributed by atoms with Crippen molar-refractivity contribution in [2.45, 2.75) is 31.4 Å². The van der Waals surface area contributed by atoms with E-state index in [9.17, 15) is 18.4 Å². The van der Waals surface area contributed by atoms with Crippen LogP contribution in [0, 0.1) is 11.6 Å². The maximum absolute atomic E-state index is 13.8. The predicted octanol–water partition coefficient (Wildman–Crippen LogP) is 5.33. The van der Waals surface area contributed by atoms with E-state index in [0.29, 0.717) is 41.5 Å². The molecule has 0 radical (unpaired) electrons. The van der Waals surface area contributed by atoms with Crippen molar-refractivity contribution in [1.29, 1.82) is 0 Å². The van der Waals surface area contributed by atoms with Gasteiger partial charge in [0, 0.05) is 63.1 Å². The third-order valence-corrected chi connectivity index (χ3v) is 8.75. The molecule has 2 aliphatic rings. The van der Waals surface area contributed by atoms with Crippen LogP contribution in [0.2, 0.25) is 0 Å². The van der Waals surface area contributed by atoms with Crippen molar-refractivity contribution in [1.82, 2.24) is 20.0 Å². The molecule has 2 atom stereocenters. The van der Waals surface area contributed by atoms with Crippen molar-refractivity contribution in [2.75, 3.05) is 70.4 Å². The lowest BCUT2D eigenvalue weighted by molar-refractivity contribution is 0.00254. The van der Waals surface area contributed by atoms with E-state index in [4.69, 9.17) is 14.2 Å². The summed E-state index contributed by atoms with van der Waals surface area (Å²) in [6.45, 7) is 4.78. The molecule has 13 heteroatoms. The second-order valence-electron chi connectivity index (χ2n) is 12.2. The van der Waals surface area contributed by atoms with E-state index in [0.717, 1.165) is 42.5 Å². The Morgan fingerprint density at radius 3 is 2.44 bits per heavy atom. The number of hydrogen-bond donors (Lipinski definition) is 2. The molecule has 11 nitrogen and oxygen atoms in total. The first-order valence-corrected chi connectivity index (χ1v) is 16.1. The Kier molecular flexibility index (Phi) is 10.5. The lowest BCUT2D eigenvalue weighted by atomic mass is 9.97. The minimum atomic E-state index is -0.739. The molecule has 0 spiro atoms. The third-order valence-electron chi connectivity index (χ3n) is 8.75. The number of fused-ring (bicyclic) bond motifs is 1. The number of anilines is 2. The van der Waals surface area contributed by atoms with Gasteiger partial charge in [-0.05, 0) is 79.4 Å². The van der Waals surface area contributed by atoms with Gasteiger partial charge in [-0.15, -0.1) is 5.10 Å². The molecule has 0 bridgehead atoms. The molecule has 2 N–H and O–H groups in total. The maximum Gasteiger partial charge on any atom is 0.435 e. The van der Waals surface area contributed by atoms with Crippen LogP contribution in [0.25, 0.3) is 10.9 Å². The third kappa shape index (κ3) is 8.09. The van der Waals surface area contributed by atoms with Crippen LogP contribution in [-0.4, -0.2) is 93.0 Å². The number of ether oxygens (including phenoxy) is 3. The van der Waals surface area contributed by atoms with Gasteiger partial charge in [-0.2, -0.15) is 4.68 Å². The van der Waals surface area contributed by atoms with Crippen LogP contribution >= 0.6 is 0 Å². The number of benzene rings is 3. The quantitative estimate of drug-likeness (QED) is 0.232. The van der Waals surface area contributed by atoms with E-state index in [1.807, 2.05) is 0 Å². The smallest absolute Gasteiger partial charge is 0.435 e. The highest BCUT2D eigenvalue weighted by Gasteiger charge is 2.27. The van der Waals surface area contributed by atoms with Crippen LogP contribution in [0.5, 0.6) is 0 Å². The van der Waals surface area contributed by atoms with Crippen molar-refractivity contribution in [3.63, 3.8) is 0 Å². The van der Waals surface area contributed by atoms with Gasteiger partial charge in [0.1, 0.15) is 18.2 Å². The summed E-state index contributed by atoms with van der Waals surface area (Å²) in [5.74, 6) is -1.20. The van der Waals surface area contributed by atoms with Gasteiger partial charge in [-0.25, -0.2) is 18.4 Å². The number of urea groups is 1. The van der Waals surface area contributed by atoms with E-state index < -0.39 is 23.8 Å². The van der Waals surface area contributed by atoms with E-state index in [2.05, 4.69) is 56.8 Å². The molecular formula is C35H40F2N6O5. The van der Waals surface area contributed by atoms with Gasteiger partial charge in [0.25, 0.3) is 0 Å². The summed E-state index contributed by atoms with van der Waals surface area (Å²) in [5.41, 5.74) is 3.79. The standard InChI is InChI=1S/C35H40F2N6O5/c1-41-10-12-42(13-11-41)29-6-4-25(5-7-29)32-22-28(9-14-47-32)38-34(44)39-33-30-20-23(17-24-18-26(36)21-27(37)19-24)3-8-31(30)43(40-33)35(45)48-16-15-46-2/h3-8,18-21,28,32H,9-17,22H2,1-2H3,(H2,38,39,40,44). The summed E-state index contributed by atoms with van der Waals surface area (Å²) >= 11 is 0. The molecule has 48 heavy (non-hydrogen) atoms. The number of rotatable bonds is 9. The second-order valence-corrected chi connectivity index (χ2v) is 12.2. The number of nitrogens with one attached hydrogen (secondary N) is 2. The number of carbonyl (C=O) groups is 2. The fraction of sp³-hybridized carbons (Fsp3) is 0.400. The Hall–Kier alpha value is -4.59. The van der Waals surface area contributed by atoms with E-state index in [1.165, 1.54) is 24.9 Å². The SMILES string of the molecule is COCCOC(=O)n1nc(NC(=O)NC2CCOC(c3ccc(N4CCN(C)CC4)cc3)C2)c2cc(Cc3cc(F)cc(F)c3)ccc21. The zero-order valence-electron chi connectivity index (χ0n) is 27.1. The first-order chi connectivity index (χ1) is 23.2. The highest BCUT2D eigenvalue weighted by atomic mass is 19.1. The number of carbonyl (C=O) groups excluding carboxylic acids is 2. The number of amides is 2.